The van der Waals surface area contributed by atoms with Crippen molar-refractivity contribution in [3.8, 4) is 0 Å². The lowest BCUT2D eigenvalue weighted by atomic mass is 9.96. The Morgan fingerprint density at radius 3 is 2.48 bits per heavy atom. The molecule has 0 aliphatic carbocycles. The van der Waals surface area contributed by atoms with Gasteiger partial charge in [-0.1, -0.05) is 12.5 Å². The van der Waals surface area contributed by atoms with Gasteiger partial charge in [0.1, 0.15) is 12.1 Å². The molecule has 2 rings (SSSR count). The Morgan fingerprint density at radius 2 is 1.81 bits per heavy atom. The summed E-state index contributed by atoms with van der Waals surface area (Å²) >= 11 is 0. The number of halogens is 1. The topological polar surface area (TPSA) is 76.1 Å². The van der Waals surface area contributed by atoms with E-state index in [0.29, 0.717) is 13.0 Å². The number of carbonyl (C=O) groups is 1. The van der Waals surface area contributed by atoms with Gasteiger partial charge in [0, 0.05) is 24.9 Å². The predicted octanol–water partition coefficient (Wildman–Crippen LogP) is 3.51. The number of nitrogens with zero attached hydrogens (tertiary/aromatic N) is 1. The first-order valence-electron chi connectivity index (χ1n) is 9.10. The lowest BCUT2D eigenvalue weighted by Gasteiger charge is -2.11. The van der Waals surface area contributed by atoms with E-state index in [1.165, 1.54) is 12.1 Å². The maximum Gasteiger partial charge on any atom is 0.240 e. The van der Waals surface area contributed by atoms with Crippen molar-refractivity contribution in [2.75, 3.05) is 6.54 Å². The zero-order chi connectivity index (χ0) is 19.5. The van der Waals surface area contributed by atoms with Crippen LogP contribution in [0.15, 0.2) is 53.7 Å². The van der Waals surface area contributed by atoms with E-state index in [-0.39, 0.29) is 10.8 Å². The summed E-state index contributed by atoms with van der Waals surface area (Å²) in [6.45, 7) is 0.293. The molecule has 5 nitrogen and oxygen atoms in total. The third-order valence-electron chi connectivity index (χ3n) is 4.37. The van der Waals surface area contributed by atoms with Gasteiger partial charge in [-0.15, -0.1) is 0 Å². The fourth-order valence-electron chi connectivity index (χ4n) is 2.83. The van der Waals surface area contributed by atoms with Crippen LogP contribution >= 0.6 is 0 Å². The minimum Gasteiger partial charge on any atom is -0.303 e. The van der Waals surface area contributed by atoms with Crippen molar-refractivity contribution in [3.05, 3.63) is 60.2 Å². The van der Waals surface area contributed by atoms with Crippen molar-refractivity contribution >= 4 is 16.3 Å². The maximum atomic E-state index is 12.9. The Hall–Kier alpha value is -2.12. The molecule has 0 spiro atoms. The van der Waals surface area contributed by atoms with Gasteiger partial charge in [-0.25, -0.2) is 17.5 Å². The van der Waals surface area contributed by atoms with Crippen molar-refractivity contribution in [2.45, 2.75) is 43.4 Å². The van der Waals surface area contributed by atoms with Gasteiger partial charge in [0.2, 0.25) is 10.0 Å². The summed E-state index contributed by atoms with van der Waals surface area (Å²) in [4.78, 5) is 15.3. The first-order valence-corrected chi connectivity index (χ1v) is 10.6. The third kappa shape index (κ3) is 7.56. The molecule has 0 fully saturated rings. The second-order valence-electron chi connectivity index (χ2n) is 6.50. The molecule has 146 valence electrons. The molecule has 2 aromatic rings. The molecule has 0 aliphatic rings. The number of hydrogen-bond donors (Lipinski definition) is 1. The number of pyridine rings is 1. The molecule has 0 aliphatic heterocycles. The van der Waals surface area contributed by atoms with Crippen LogP contribution in [0.4, 0.5) is 4.39 Å². The zero-order valence-corrected chi connectivity index (χ0v) is 16.0. The van der Waals surface area contributed by atoms with E-state index in [1.807, 2.05) is 18.3 Å². The predicted molar refractivity (Wildman–Crippen MR) is 102 cm³/mol. The molecule has 27 heavy (non-hydrogen) atoms. The highest BCUT2D eigenvalue weighted by Gasteiger charge is 2.13. The largest absolute Gasteiger partial charge is 0.303 e. The first-order chi connectivity index (χ1) is 13.0. The van der Waals surface area contributed by atoms with Crippen LogP contribution in [0.1, 0.15) is 37.7 Å². The lowest BCUT2D eigenvalue weighted by Crippen LogP contribution is -2.24. The van der Waals surface area contributed by atoms with Gasteiger partial charge >= 0.3 is 0 Å². The normalized spacial score (nSPS) is 12.6. The van der Waals surface area contributed by atoms with E-state index in [9.17, 15) is 17.6 Å². The summed E-state index contributed by atoms with van der Waals surface area (Å²) in [5.41, 5.74) is 1.16. The first kappa shape index (κ1) is 21.2. The molecule has 1 aromatic carbocycles. The molecular weight excluding hydrogens is 367 g/mol. The minimum absolute atomic E-state index is 0.00428. The Bertz CT molecular complexity index is 796. The molecule has 1 heterocycles. The van der Waals surface area contributed by atoms with Crippen molar-refractivity contribution in [1.82, 2.24) is 9.71 Å². The molecule has 1 N–H and O–H groups in total. The van der Waals surface area contributed by atoms with Crippen LogP contribution in [0.25, 0.3) is 0 Å². The molecule has 7 heteroatoms. The standard InChI is InChI=1S/C20H25FN2O3S/c21-19-9-11-20(12-10-19)27(25,26)23-14-2-1-5-18(16-24)7-3-6-17-8-4-13-22-15-17/h4,8-13,15-16,18,23H,1-3,5-7,14H2. The summed E-state index contributed by atoms with van der Waals surface area (Å²) in [6, 6.07) is 8.64. The number of benzene rings is 1. The van der Waals surface area contributed by atoms with Gasteiger partial charge in [-0.05, 0) is 68.0 Å². The Kier molecular flexibility index (Phi) is 8.54. The van der Waals surface area contributed by atoms with Crippen molar-refractivity contribution < 1.29 is 17.6 Å². The number of nitrogens with one attached hydrogen (secondary N) is 1. The second kappa shape index (κ2) is 10.9. The fraction of sp³-hybridized carbons (Fsp3) is 0.400. The monoisotopic (exact) mass is 392 g/mol. The van der Waals surface area contributed by atoms with Crippen molar-refractivity contribution in [3.63, 3.8) is 0 Å². The van der Waals surface area contributed by atoms with Crippen LogP contribution in [0, 0.1) is 11.7 Å². The molecule has 0 saturated heterocycles. The molecule has 0 amide bonds. The third-order valence-corrected chi connectivity index (χ3v) is 5.85. The van der Waals surface area contributed by atoms with E-state index in [2.05, 4.69) is 9.71 Å². The molecule has 0 saturated carbocycles. The summed E-state index contributed by atoms with van der Waals surface area (Å²) in [7, 11) is -3.62. The molecule has 0 bridgehead atoms. The summed E-state index contributed by atoms with van der Waals surface area (Å²) in [5, 5.41) is 0. The highest BCUT2D eigenvalue weighted by molar-refractivity contribution is 7.89. The van der Waals surface area contributed by atoms with Crippen LogP contribution in [0.2, 0.25) is 0 Å². The smallest absolute Gasteiger partial charge is 0.240 e. The molecule has 1 unspecified atom stereocenters. The van der Waals surface area contributed by atoms with Gasteiger partial charge in [0.25, 0.3) is 0 Å². The zero-order valence-electron chi connectivity index (χ0n) is 15.2. The summed E-state index contributed by atoms with van der Waals surface area (Å²) < 4.78 is 39.5. The Morgan fingerprint density at radius 1 is 1.07 bits per heavy atom. The minimum atomic E-state index is -3.62. The number of aldehydes is 1. The average molecular weight is 392 g/mol. The summed E-state index contributed by atoms with van der Waals surface area (Å²) in [5.74, 6) is -0.479. The fourth-order valence-corrected chi connectivity index (χ4v) is 3.90. The Balaban J connectivity index is 1.64. The van der Waals surface area contributed by atoms with Crippen LogP contribution in [-0.2, 0) is 21.2 Å². The van der Waals surface area contributed by atoms with Crippen LogP contribution in [-0.4, -0.2) is 26.2 Å². The van der Waals surface area contributed by atoms with Crippen LogP contribution < -0.4 is 4.72 Å². The van der Waals surface area contributed by atoms with Gasteiger partial charge in [0.05, 0.1) is 4.90 Å². The molecule has 1 atom stereocenters. The van der Waals surface area contributed by atoms with Gasteiger partial charge < -0.3 is 4.79 Å². The van der Waals surface area contributed by atoms with Gasteiger partial charge in [0.15, 0.2) is 0 Å². The number of unbranched alkanes of at least 4 members (excludes halogenated alkanes) is 1. The van der Waals surface area contributed by atoms with E-state index in [4.69, 9.17) is 0 Å². The maximum absolute atomic E-state index is 12.9. The molecular formula is C20H25FN2O3S. The van der Waals surface area contributed by atoms with Crippen LogP contribution in [0.3, 0.4) is 0 Å². The van der Waals surface area contributed by atoms with E-state index >= 15 is 0 Å². The van der Waals surface area contributed by atoms with Crippen LogP contribution in [0.5, 0.6) is 0 Å². The van der Waals surface area contributed by atoms with Gasteiger partial charge in [-0.2, -0.15) is 0 Å². The number of aryl methyl sites for hydroxylation is 1. The number of sulfonamides is 1. The van der Waals surface area contributed by atoms with Crippen molar-refractivity contribution in [2.24, 2.45) is 5.92 Å². The lowest BCUT2D eigenvalue weighted by molar-refractivity contribution is -0.111. The SMILES string of the molecule is O=CC(CCCCNS(=O)(=O)c1ccc(F)cc1)CCCc1cccnc1. The number of rotatable bonds is 12. The van der Waals surface area contributed by atoms with Gasteiger partial charge in [-0.3, -0.25) is 4.98 Å². The van der Waals surface area contributed by atoms with Crippen molar-refractivity contribution in [1.29, 1.82) is 0 Å². The van der Waals surface area contributed by atoms with E-state index < -0.39 is 15.8 Å². The summed E-state index contributed by atoms with van der Waals surface area (Å²) in [6.07, 6.45) is 9.36. The molecule has 0 radical (unpaired) electrons. The highest BCUT2D eigenvalue weighted by atomic mass is 32.2. The second-order valence-corrected chi connectivity index (χ2v) is 8.26. The van der Waals surface area contributed by atoms with E-state index in [0.717, 1.165) is 56.1 Å². The van der Waals surface area contributed by atoms with E-state index in [1.54, 1.807) is 6.20 Å². The number of carbonyl (C=O) groups excluding carboxylic acids is 1. The number of hydrogen-bond acceptors (Lipinski definition) is 4. The number of aromatic nitrogens is 1. The Labute approximate surface area is 160 Å². The quantitative estimate of drug-likeness (QED) is 0.443. The molecule has 1 aromatic heterocycles. The average Bonchev–Trinajstić information content (AvgIpc) is 2.67. The highest BCUT2D eigenvalue weighted by Crippen LogP contribution is 2.15.